The van der Waals surface area contributed by atoms with Crippen molar-refractivity contribution in [2.75, 3.05) is 5.32 Å². The molecule has 0 radical (unpaired) electrons. The number of rotatable bonds is 8. The van der Waals surface area contributed by atoms with Crippen LogP contribution in [0.1, 0.15) is 31.4 Å². The summed E-state index contributed by atoms with van der Waals surface area (Å²) in [5.41, 5.74) is 1.19. The third-order valence-corrected chi connectivity index (χ3v) is 5.36. The number of carbonyl (C=O) groups is 2. The van der Waals surface area contributed by atoms with E-state index in [9.17, 15) is 26.8 Å². The summed E-state index contributed by atoms with van der Waals surface area (Å²) in [6.45, 7) is 1.84. The Morgan fingerprint density at radius 3 is 2.07 bits per heavy atom. The van der Waals surface area contributed by atoms with E-state index in [0.717, 1.165) is 17.7 Å². The fourth-order valence-electron chi connectivity index (χ4n) is 2.42. The van der Waals surface area contributed by atoms with Gasteiger partial charge in [-0.3, -0.25) is 9.59 Å². The molecule has 0 aliphatic rings. The molecule has 0 spiro atoms. The Morgan fingerprint density at radius 2 is 1.50 bits per heavy atom. The van der Waals surface area contributed by atoms with Gasteiger partial charge in [-0.2, -0.15) is 8.78 Å². The molecule has 2 amide bonds. The Kier molecular flexibility index (Phi) is 7.22. The maximum Gasteiger partial charge on any atom is 0.341 e. The lowest BCUT2D eigenvalue weighted by Gasteiger charge is -2.14. The summed E-state index contributed by atoms with van der Waals surface area (Å²) in [5, 5.41) is 5.28. The summed E-state index contributed by atoms with van der Waals surface area (Å²) in [6.07, 6.45) is -0.106. The number of hydrogen-bond acceptors (Lipinski definition) is 4. The van der Waals surface area contributed by atoms with Gasteiger partial charge in [0.1, 0.15) is 0 Å². The zero-order valence-corrected chi connectivity index (χ0v) is 15.9. The number of carbonyl (C=O) groups excluding carboxylic acids is 2. The van der Waals surface area contributed by atoms with Crippen LogP contribution >= 0.6 is 0 Å². The largest absolute Gasteiger partial charge is 0.350 e. The van der Waals surface area contributed by atoms with Gasteiger partial charge in [-0.05, 0) is 36.8 Å². The van der Waals surface area contributed by atoms with Crippen LogP contribution in [0.2, 0.25) is 0 Å². The van der Waals surface area contributed by atoms with Crippen molar-refractivity contribution in [2.24, 2.45) is 0 Å². The van der Waals surface area contributed by atoms with Gasteiger partial charge in [0, 0.05) is 18.5 Å². The number of sulfone groups is 1. The van der Waals surface area contributed by atoms with E-state index < -0.39 is 26.4 Å². The van der Waals surface area contributed by atoms with Crippen LogP contribution in [0.3, 0.4) is 0 Å². The van der Waals surface area contributed by atoms with Gasteiger partial charge in [0.2, 0.25) is 21.7 Å². The monoisotopic (exact) mass is 410 g/mol. The first-order valence-corrected chi connectivity index (χ1v) is 10.0. The van der Waals surface area contributed by atoms with Crippen molar-refractivity contribution in [3.8, 4) is 0 Å². The first-order valence-electron chi connectivity index (χ1n) is 8.46. The van der Waals surface area contributed by atoms with Crippen LogP contribution in [-0.2, 0) is 19.4 Å². The highest BCUT2D eigenvalue weighted by atomic mass is 32.2. The zero-order chi connectivity index (χ0) is 20.7. The van der Waals surface area contributed by atoms with Crippen LogP contribution in [0.15, 0.2) is 59.5 Å². The Balaban J connectivity index is 1.83. The van der Waals surface area contributed by atoms with Crippen molar-refractivity contribution in [1.29, 1.82) is 0 Å². The molecular weight excluding hydrogens is 390 g/mol. The van der Waals surface area contributed by atoms with Gasteiger partial charge in [0.25, 0.3) is 0 Å². The van der Waals surface area contributed by atoms with Crippen LogP contribution in [-0.4, -0.2) is 26.0 Å². The molecule has 28 heavy (non-hydrogen) atoms. The molecule has 9 heteroatoms. The standard InChI is InChI=1S/C19H20F2N2O4S/c1-13(14-5-3-2-4-6-14)22-17(24)11-12-18(25)23-15-7-9-16(10-8-15)28(26,27)19(20)21/h2-10,13,19H,11-12H2,1H3,(H,22,24)(H,23,25)/t13-/m0/s1. The predicted octanol–water partition coefficient (Wildman–Crippen LogP) is 3.28. The molecular formula is C19H20F2N2O4S. The minimum absolute atomic E-state index is 0.0269. The molecule has 1 atom stereocenters. The summed E-state index contributed by atoms with van der Waals surface area (Å²) < 4.78 is 47.7. The van der Waals surface area contributed by atoms with Gasteiger partial charge in [0.05, 0.1) is 10.9 Å². The average Bonchev–Trinajstić information content (AvgIpc) is 2.67. The Hall–Kier alpha value is -2.81. The number of amides is 2. The highest BCUT2D eigenvalue weighted by Gasteiger charge is 2.26. The molecule has 2 aromatic rings. The van der Waals surface area contributed by atoms with Crippen molar-refractivity contribution < 1.29 is 26.8 Å². The number of alkyl halides is 2. The van der Waals surface area contributed by atoms with Gasteiger partial charge in [-0.15, -0.1) is 0 Å². The normalized spacial score (nSPS) is 12.4. The van der Waals surface area contributed by atoms with E-state index >= 15 is 0 Å². The number of anilines is 1. The highest BCUT2D eigenvalue weighted by Crippen LogP contribution is 2.20. The lowest BCUT2D eigenvalue weighted by molar-refractivity contribution is -0.124. The number of nitrogens with one attached hydrogen (secondary N) is 2. The second-order valence-corrected chi connectivity index (χ2v) is 8.00. The molecule has 0 aliphatic heterocycles. The zero-order valence-electron chi connectivity index (χ0n) is 15.1. The second kappa shape index (κ2) is 9.41. The maximum absolute atomic E-state index is 12.5. The minimum atomic E-state index is -4.68. The van der Waals surface area contributed by atoms with Crippen LogP contribution < -0.4 is 10.6 Å². The number of benzene rings is 2. The van der Waals surface area contributed by atoms with Gasteiger partial charge in [-0.1, -0.05) is 30.3 Å². The molecule has 0 aromatic heterocycles. The number of halogens is 2. The van der Waals surface area contributed by atoms with E-state index in [-0.39, 0.29) is 30.5 Å². The van der Waals surface area contributed by atoms with Crippen LogP contribution in [0.4, 0.5) is 14.5 Å². The molecule has 6 nitrogen and oxygen atoms in total. The molecule has 2 aromatic carbocycles. The summed E-state index contributed by atoms with van der Waals surface area (Å²) in [6, 6.07) is 13.6. The van der Waals surface area contributed by atoms with Crippen molar-refractivity contribution in [3.63, 3.8) is 0 Å². The van der Waals surface area contributed by atoms with Crippen molar-refractivity contribution in [1.82, 2.24) is 5.32 Å². The summed E-state index contributed by atoms with van der Waals surface area (Å²) in [7, 11) is -4.68. The molecule has 0 bridgehead atoms. The summed E-state index contributed by atoms with van der Waals surface area (Å²) >= 11 is 0. The summed E-state index contributed by atoms with van der Waals surface area (Å²) in [5.74, 6) is -4.25. The molecule has 2 rings (SSSR count). The Bertz CT molecular complexity index is 917. The molecule has 0 aliphatic carbocycles. The lowest BCUT2D eigenvalue weighted by Crippen LogP contribution is -2.27. The molecule has 0 heterocycles. The van der Waals surface area contributed by atoms with E-state index in [1.807, 2.05) is 37.3 Å². The minimum Gasteiger partial charge on any atom is -0.350 e. The van der Waals surface area contributed by atoms with Gasteiger partial charge in [-0.25, -0.2) is 8.42 Å². The SMILES string of the molecule is C[C@H](NC(=O)CCC(=O)Nc1ccc(S(=O)(=O)C(F)F)cc1)c1ccccc1. The van der Waals surface area contributed by atoms with E-state index in [4.69, 9.17) is 0 Å². The molecule has 0 saturated carbocycles. The first kappa shape index (κ1) is 21.5. The highest BCUT2D eigenvalue weighted by molar-refractivity contribution is 7.91. The topological polar surface area (TPSA) is 92.3 Å². The second-order valence-electron chi connectivity index (χ2n) is 6.08. The quantitative estimate of drug-likeness (QED) is 0.699. The molecule has 150 valence electrons. The smallest absolute Gasteiger partial charge is 0.341 e. The van der Waals surface area contributed by atoms with E-state index in [1.54, 1.807) is 0 Å². The molecule has 0 unspecified atom stereocenters. The van der Waals surface area contributed by atoms with Gasteiger partial charge < -0.3 is 10.6 Å². The third kappa shape index (κ3) is 5.85. The Labute approximate surface area is 161 Å². The fourth-order valence-corrected chi connectivity index (χ4v) is 3.14. The lowest BCUT2D eigenvalue weighted by atomic mass is 10.1. The Morgan fingerprint density at radius 1 is 0.929 bits per heavy atom. The van der Waals surface area contributed by atoms with E-state index in [0.29, 0.717) is 0 Å². The molecule has 0 fully saturated rings. The van der Waals surface area contributed by atoms with E-state index in [1.165, 1.54) is 12.1 Å². The average molecular weight is 410 g/mol. The fraction of sp³-hybridized carbons (Fsp3) is 0.263. The van der Waals surface area contributed by atoms with Crippen LogP contribution in [0, 0.1) is 0 Å². The van der Waals surface area contributed by atoms with Crippen LogP contribution in [0.5, 0.6) is 0 Å². The van der Waals surface area contributed by atoms with Gasteiger partial charge in [0.15, 0.2) is 0 Å². The predicted molar refractivity (Wildman–Crippen MR) is 100 cm³/mol. The van der Waals surface area contributed by atoms with Gasteiger partial charge >= 0.3 is 5.76 Å². The number of hydrogen-bond donors (Lipinski definition) is 2. The van der Waals surface area contributed by atoms with E-state index in [2.05, 4.69) is 10.6 Å². The van der Waals surface area contributed by atoms with Crippen molar-refractivity contribution in [2.45, 2.75) is 36.5 Å². The third-order valence-electron chi connectivity index (χ3n) is 3.96. The maximum atomic E-state index is 12.5. The molecule has 2 N–H and O–H groups in total. The summed E-state index contributed by atoms with van der Waals surface area (Å²) in [4.78, 5) is 23.4. The van der Waals surface area contributed by atoms with Crippen molar-refractivity contribution in [3.05, 3.63) is 60.2 Å². The van der Waals surface area contributed by atoms with Crippen molar-refractivity contribution >= 4 is 27.3 Å². The molecule has 0 saturated heterocycles. The first-order chi connectivity index (χ1) is 13.2. The van der Waals surface area contributed by atoms with Crippen LogP contribution in [0.25, 0.3) is 0 Å².